The largest absolute Gasteiger partial charge is 0.496 e. The number of methoxy groups -OCH3 is 1. The molecule has 2 aromatic rings. The van der Waals surface area contributed by atoms with Gasteiger partial charge in [-0.3, -0.25) is 14.8 Å². The fourth-order valence-corrected chi connectivity index (χ4v) is 2.05. The molecule has 0 bridgehead atoms. The lowest BCUT2D eigenvalue weighted by Gasteiger charge is -2.09. The number of aryl methyl sites for hydroxylation is 1. The van der Waals surface area contributed by atoms with Crippen LogP contribution in [0, 0.1) is 10.1 Å². The Hall–Kier alpha value is -2.41. The monoisotopic (exact) mass is 290 g/mol. The molecule has 0 saturated carbocycles. The van der Waals surface area contributed by atoms with Crippen LogP contribution in [0.25, 0.3) is 0 Å². The van der Waals surface area contributed by atoms with Crippen molar-refractivity contribution in [2.24, 2.45) is 7.05 Å². The van der Waals surface area contributed by atoms with Crippen molar-refractivity contribution < 1.29 is 9.66 Å². The van der Waals surface area contributed by atoms with Crippen LogP contribution in [0.4, 0.5) is 5.69 Å². The summed E-state index contributed by atoms with van der Waals surface area (Å²) in [5.41, 5.74) is 1.85. The van der Waals surface area contributed by atoms with Crippen molar-refractivity contribution in [1.82, 2.24) is 15.1 Å². The summed E-state index contributed by atoms with van der Waals surface area (Å²) >= 11 is 0. The summed E-state index contributed by atoms with van der Waals surface area (Å²) in [7, 11) is 3.43. The number of hydrogen-bond donors (Lipinski definition) is 1. The highest BCUT2D eigenvalue weighted by molar-refractivity contribution is 5.43. The second kappa shape index (κ2) is 6.85. The van der Waals surface area contributed by atoms with Gasteiger partial charge in [-0.1, -0.05) is 0 Å². The number of rotatable bonds is 7. The molecule has 0 aliphatic carbocycles. The van der Waals surface area contributed by atoms with Crippen LogP contribution in [0.1, 0.15) is 11.3 Å². The van der Waals surface area contributed by atoms with Gasteiger partial charge in [0.1, 0.15) is 5.75 Å². The summed E-state index contributed by atoms with van der Waals surface area (Å²) in [6.45, 7) is 1.25. The van der Waals surface area contributed by atoms with E-state index in [1.165, 1.54) is 12.1 Å². The molecular weight excluding hydrogens is 272 g/mol. The Kier molecular flexibility index (Phi) is 4.89. The molecule has 0 aliphatic heterocycles. The standard InChI is InChI=1S/C14H18N4O3/c1-17-8-6-12(16-17)5-7-15-10-11-9-13(18(19)20)3-4-14(11)21-2/h3-4,6,8-9,15H,5,7,10H2,1-2H3. The van der Waals surface area contributed by atoms with Gasteiger partial charge in [0.2, 0.25) is 0 Å². The summed E-state index contributed by atoms with van der Waals surface area (Å²) in [5, 5.41) is 18.3. The molecule has 0 unspecified atom stereocenters. The maximum absolute atomic E-state index is 10.8. The zero-order valence-electron chi connectivity index (χ0n) is 12.1. The number of non-ortho nitro benzene ring substituents is 1. The van der Waals surface area contributed by atoms with E-state index in [1.54, 1.807) is 17.9 Å². The Balaban J connectivity index is 1.92. The molecule has 21 heavy (non-hydrogen) atoms. The zero-order chi connectivity index (χ0) is 15.2. The van der Waals surface area contributed by atoms with Crippen LogP contribution in [0.5, 0.6) is 5.75 Å². The van der Waals surface area contributed by atoms with Crippen molar-refractivity contribution in [3.05, 3.63) is 51.8 Å². The molecular formula is C14H18N4O3. The lowest BCUT2D eigenvalue weighted by Crippen LogP contribution is -2.17. The Bertz CT molecular complexity index is 624. The second-order valence-electron chi connectivity index (χ2n) is 4.66. The van der Waals surface area contributed by atoms with Gasteiger partial charge in [0.15, 0.2) is 0 Å². The van der Waals surface area contributed by atoms with Crippen LogP contribution >= 0.6 is 0 Å². The van der Waals surface area contributed by atoms with Crippen molar-refractivity contribution >= 4 is 5.69 Å². The molecule has 0 atom stereocenters. The van der Waals surface area contributed by atoms with Crippen molar-refractivity contribution in [1.29, 1.82) is 0 Å². The zero-order valence-corrected chi connectivity index (χ0v) is 12.1. The molecule has 0 aliphatic rings. The number of nitro benzene ring substituents is 1. The first kappa shape index (κ1) is 15.0. The van der Waals surface area contributed by atoms with Gasteiger partial charge < -0.3 is 10.1 Å². The smallest absolute Gasteiger partial charge is 0.270 e. The highest BCUT2D eigenvalue weighted by Gasteiger charge is 2.10. The van der Waals surface area contributed by atoms with Gasteiger partial charge in [-0.2, -0.15) is 5.10 Å². The minimum Gasteiger partial charge on any atom is -0.496 e. The second-order valence-corrected chi connectivity index (χ2v) is 4.66. The maximum Gasteiger partial charge on any atom is 0.270 e. The highest BCUT2D eigenvalue weighted by atomic mass is 16.6. The van der Waals surface area contributed by atoms with Gasteiger partial charge in [-0.05, 0) is 12.1 Å². The first-order valence-corrected chi connectivity index (χ1v) is 6.60. The van der Waals surface area contributed by atoms with Crippen LogP contribution < -0.4 is 10.1 Å². The number of nitrogens with one attached hydrogen (secondary N) is 1. The SMILES string of the molecule is COc1ccc([N+](=O)[O-])cc1CNCCc1ccn(C)n1. The van der Waals surface area contributed by atoms with E-state index >= 15 is 0 Å². The molecule has 112 valence electrons. The molecule has 0 spiro atoms. The van der Waals surface area contributed by atoms with E-state index in [1.807, 2.05) is 19.3 Å². The summed E-state index contributed by atoms with van der Waals surface area (Å²) in [5.74, 6) is 0.644. The molecule has 1 N–H and O–H groups in total. The van der Waals surface area contributed by atoms with E-state index in [0.29, 0.717) is 12.3 Å². The van der Waals surface area contributed by atoms with Crippen LogP contribution in [0.3, 0.4) is 0 Å². The molecule has 7 heteroatoms. The van der Waals surface area contributed by atoms with Crippen molar-refractivity contribution in [3.63, 3.8) is 0 Å². The fourth-order valence-electron chi connectivity index (χ4n) is 2.05. The molecule has 1 aromatic carbocycles. The van der Waals surface area contributed by atoms with Gasteiger partial charge in [0, 0.05) is 50.5 Å². The number of nitrogens with zero attached hydrogens (tertiary/aromatic N) is 3. The van der Waals surface area contributed by atoms with E-state index in [0.717, 1.165) is 24.2 Å². The molecule has 0 saturated heterocycles. The van der Waals surface area contributed by atoms with E-state index in [9.17, 15) is 10.1 Å². The van der Waals surface area contributed by atoms with Crippen LogP contribution in [0.15, 0.2) is 30.5 Å². The number of nitro groups is 1. The molecule has 0 fully saturated rings. The third-order valence-corrected chi connectivity index (χ3v) is 3.12. The lowest BCUT2D eigenvalue weighted by molar-refractivity contribution is -0.384. The van der Waals surface area contributed by atoms with Gasteiger partial charge in [-0.25, -0.2) is 0 Å². The molecule has 0 amide bonds. The van der Waals surface area contributed by atoms with E-state index < -0.39 is 4.92 Å². The number of hydrogen-bond acceptors (Lipinski definition) is 5. The van der Waals surface area contributed by atoms with E-state index in [2.05, 4.69) is 10.4 Å². The summed E-state index contributed by atoms with van der Waals surface area (Å²) in [6.07, 6.45) is 2.71. The van der Waals surface area contributed by atoms with Crippen LogP contribution in [0.2, 0.25) is 0 Å². The van der Waals surface area contributed by atoms with Gasteiger partial charge in [0.05, 0.1) is 17.7 Å². The first-order chi connectivity index (χ1) is 10.1. The molecule has 1 aromatic heterocycles. The Labute approximate surface area is 122 Å². The fraction of sp³-hybridized carbons (Fsp3) is 0.357. The third kappa shape index (κ3) is 4.03. The average Bonchev–Trinajstić information content (AvgIpc) is 2.89. The summed E-state index contributed by atoms with van der Waals surface area (Å²) in [4.78, 5) is 10.4. The molecule has 7 nitrogen and oxygen atoms in total. The highest BCUT2D eigenvalue weighted by Crippen LogP contribution is 2.23. The van der Waals surface area contributed by atoms with Crippen molar-refractivity contribution in [3.8, 4) is 5.75 Å². The van der Waals surface area contributed by atoms with E-state index in [-0.39, 0.29) is 5.69 Å². The molecule has 0 radical (unpaired) electrons. The Morgan fingerprint density at radius 2 is 2.24 bits per heavy atom. The van der Waals surface area contributed by atoms with Crippen molar-refractivity contribution in [2.45, 2.75) is 13.0 Å². The van der Waals surface area contributed by atoms with E-state index in [4.69, 9.17) is 4.74 Å². The quantitative estimate of drug-likeness (QED) is 0.476. The van der Waals surface area contributed by atoms with Crippen LogP contribution in [-0.2, 0) is 20.0 Å². The summed E-state index contributed by atoms with van der Waals surface area (Å²) in [6, 6.07) is 6.56. The van der Waals surface area contributed by atoms with Crippen molar-refractivity contribution in [2.75, 3.05) is 13.7 Å². The number of benzene rings is 1. The minimum absolute atomic E-state index is 0.0670. The van der Waals surface area contributed by atoms with Gasteiger partial charge in [-0.15, -0.1) is 0 Å². The average molecular weight is 290 g/mol. The Morgan fingerprint density at radius 1 is 1.43 bits per heavy atom. The molecule has 2 rings (SSSR count). The predicted octanol–water partition coefficient (Wildman–Crippen LogP) is 1.67. The normalized spacial score (nSPS) is 10.6. The first-order valence-electron chi connectivity index (χ1n) is 6.60. The topological polar surface area (TPSA) is 82.2 Å². The maximum atomic E-state index is 10.8. The third-order valence-electron chi connectivity index (χ3n) is 3.12. The number of aromatic nitrogens is 2. The summed E-state index contributed by atoms with van der Waals surface area (Å²) < 4.78 is 6.98. The Morgan fingerprint density at radius 3 is 2.86 bits per heavy atom. The lowest BCUT2D eigenvalue weighted by atomic mass is 10.1. The molecule has 1 heterocycles. The van der Waals surface area contributed by atoms with Crippen LogP contribution in [-0.4, -0.2) is 28.4 Å². The van der Waals surface area contributed by atoms with Gasteiger partial charge in [0.25, 0.3) is 5.69 Å². The van der Waals surface area contributed by atoms with Gasteiger partial charge >= 0.3 is 0 Å². The minimum atomic E-state index is -0.406. The predicted molar refractivity (Wildman–Crippen MR) is 78.3 cm³/mol. The number of ether oxygens (including phenoxy) is 1.